The summed E-state index contributed by atoms with van der Waals surface area (Å²) in [4.78, 5) is 10.2. The topological polar surface area (TPSA) is 30.7 Å². The van der Waals surface area contributed by atoms with Crippen LogP contribution in [-0.4, -0.2) is 14.5 Å². The fourth-order valence-corrected chi connectivity index (χ4v) is 5.32. The summed E-state index contributed by atoms with van der Waals surface area (Å²) in [5.41, 5.74) is 5.13. The Balaban J connectivity index is 1.65. The summed E-state index contributed by atoms with van der Waals surface area (Å²) in [5, 5.41) is 5.89. The normalized spacial score (nSPS) is 11.7. The average molecular weight is 500 g/mol. The first-order valence-corrected chi connectivity index (χ1v) is 12.0. The van der Waals surface area contributed by atoms with Crippen LogP contribution in [0.3, 0.4) is 0 Å². The predicted molar refractivity (Wildman–Crippen MR) is 145 cm³/mol. The van der Waals surface area contributed by atoms with Crippen molar-refractivity contribution in [1.82, 2.24) is 14.5 Å². The van der Waals surface area contributed by atoms with Crippen molar-refractivity contribution >= 4 is 59.4 Å². The first-order valence-electron chi connectivity index (χ1n) is 11.2. The number of hydrogen-bond donors (Lipinski definition) is 0. The quantitative estimate of drug-likeness (QED) is 0.239. The summed E-state index contributed by atoms with van der Waals surface area (Å²) < 4.78 is 3.25. The second-order valence-corrected chi connectivity index (χ2v) is 9.35. The van der Waals surface area contributed by atoms with Gasteiger partial charge in [0.15, 0.2) is 0 Å². The second-order valence-electron chi connectivity index (χ2n) is 8.43. The molecular weight excluding hydrogens is 482 g/mol. The molecule has 3 nitrogen and oxygen atoms in total. The number of aromatic nitrogens is 3. The van der Waals surface area contributed by atoms with Gasteiger partial charge in [-0.3, -0.25) is 4.57 Å². The van der Waals surface area contributed by atoms with E-state index in [0.717, 1.165) is 37.7 Å². The van der Waals surface area contributed by atoms with Crippen LogP contribution in [-0.2, 0) is 0 Å². The van der Waals surface area contributed by atoms with Crippen LogP contribution in [0.1, 0.15) is 0 Å². The molecule has 5 aromatic carbocycles. The minimum absolute atomic E-state index is 0.676. The van der Waals surface area contributed by atoms with E-state index in [1.54, 1.807) is 0 Å². The van der Waals surface area contributed by atoms with Gasteiger partial charge in [0, 0.05) is 26.2 Å². The number of benzene rings is 5. The number of halogens is 1. The van der Waals surface area contributed by atoms with Gasteiger partial charge in [-0.15, -0.1) is 0 Å². The van der Waals surface area contributed by atoms with Crippen molar-refractivity contribution in [1.29, 1.82) is 0 Å². The molecule has 0 unspecified atom stereocenters. The van der Waals surface area contributed by atoms with E-state index < -0.39 is 0 Å². The van der Waals surface area contributed by atoms with E-state index in [-0.39, 0.29) is 0 Å². The Morgan fingerprint density at radius 2 is 1.32 bits per heavy atom. The smallest absolute Gasteiger partial charge is 0.235 e. The standard InChI is InChI=1S/C30H18BrN3/c31-21-15-17-26-24(18-21)28-22-11-5-4-8-19(22)14-16-27(28)34(26)30-32-25-13-7-6-12-23(25)29(33-30)20-9-2-1-3-10-20/h1-18H. The molecular formula is C30H18BrN3. The molecule has 0 spiro atoms. The molecule has 0 radical (unpaired) electrons. The van der Waals surface area contributed by atoms with Gasteiger partial charge in [-0.25, -0.2) is 9.97 Å². The molecule has 0 saturated carbocycles. The van der Waals surface area contributed by atoms with Gasteiger partial charge >= 0.3 is 0 Å². The van der Waals surface area contributed by atoms with E-state index in [2.05, 4.69) is 111 Å². The maximum Gasteiger partial charge on any atom is 0.235 e. The van der Waals surface area contributed by atoms with Crippen molar-refractivity contribution in [3.63, 3.8) is 0 Å². The molecule has 0 aliphatic heterocycles. The molecule has 7 rings (SSSR count). The molecule has 4 heteroatoms. The van der Waals surface area contributed by atoms with E-state index in [0.29, 0.717) is 5.95 Å². The molecule has 160 valence electrons. The Hall–Kier alpha value is -4.02. The Morgan fingerprint density at radius 3 is 2.21 bits per heavy atom. The van der Waals surface area contributed by atoms with Crippen LogP contribution in [0.2, 0.25) is 0 Å². The minimum Gasteiger partial charge on any atom is -0.278 e. The molecule has 7 aromatic rings. The van der Waals surface area contributed by atoms with Gasteiger partial charge < -0.3 is 0 Å². The molecule has 0 bridgehead atoms. The third kappa shape index (κ3) is 2.89. The number of hydrogen-bond acceptors (Lipinski definition) is 2. The SMILES string of the molecule is Brc1ccc2c(c1)c1c3ccccc3ccc1n2-c1nc(-c2ccccc2)c2ccccc2n1. The minimum atomic E-state index is 0.676. The molecule has 0 aliphatic rings. The van der Waals surface area contributed by atoms with Gasteiger partial charge in [-0.05, 0) is 41.1 Å². The first kappa shape index (κ1) is 19.4. The van der Waals surface area contributed by atoms with Crippen LogP contribution in [0, 0.1) is 0 Å². The van der Waals surface area contributed by atoms with E-state index in [4.69, 9.17) is 9.97 Å². The monoisotopic (exact) mass is 499 g/mol. The van der Waals surface area contributed by atoms with Crippen LogP contribution in [0.25, 0.3) is 60.7 Å². The van der Waals surface area contributed by atoms with E-state index in [1.807, 2.05) is 18.2 Å². The second kappa shape index (κ2) is 7.51. The molecule has 0 aliphatic carbocycles. The van der Waals surface area contributed by atoms with Gasteiger partial charge in [0.05, 0.1) is 22.2 Å². The molecule has 0 N–H and O–H groups in total. The van der Waals surface area contributed by atoms with Crippen molar-refractivity contribution in [2.75, 3.05) is 0 Å². The van der Waals surface area contributed by atoms with Crippen molar-refractivity contribution in [2.24, 2.45) is 0 Å². The highest BCUT2D eigenvalue weighted by Gasteiger charge is 2.18. The van der Waals surface area contributed by atoms with Crippen molar-refractivity contribution in [3.8, 4) is 17.2 Å². The highest BCUT2D eigenvalue weighted by molar-refractivity contribution is 9.10. The maximum absolute atomic E-state index is 5.16. The molecule has 0 atom stereocenters. The number of para-hydroxylation sites is 1. The summed E-state index contributed by atoms with van der Waals surface area (Å²) in [5.74, 6) is 0.676. The van der Waals surface area contributed by atoms with Crippen LogP contribution in [0.5, 0.6) is 0 Å². The predicted octanol–water partition coefficient (Wildman–Crippen LogP) is 8.31. The lowest BCUT2D eigenvalue weighted by atomic mass is 10.0. The zero-order valence-electron chi connectivity index (χ0n) is 18.1. The van der Waals surface area contributed by atoms with Crippen LogP contribution in [0.15, 0.2) is 114 Å². The van der Waals surface area contributed by atoms with Gasteiger partial charge in [-0.2, -0.15) is 0 Å². The van der Waals surface area contributed by atoms with Gasteiger partial charge in [0.2, 0.25) is 5.95 Å². The molecule has 2 aromatic heterocycles. The average Bonchev–Trinajstić information content (AvgIpc) is 3.22. The third-order valence-electron chi connectivity index (χ3n) is 6.46. The van der Waals surface area contributed by atoms with Crippen molar-refractivity contribution in [2.45, 2.75) is 0 Å². The largest absolute Gasteiger partial charge is 0.278 e. The number of rotatable bonds is 2. The van der Waals surface area contributed by atoms with Crippen LogP contribution < -0.4 is 0 Å². The Labute approximate surface area is 204 Å². The lowest BCUT2D eigenvalue weighted by Gasteiger charge is -2.11. The molecule has 34 heavy (non-hydrogen) atoms. The zero-order chi connectivity index (χ0) is 22.6. The van der Waals surface area contributed by atoms with Crippen LogP contribution in [0.4, 0.5) is 0 Å². The first-order chi connectivity index (χ1) is 16.8. The third-order valence-corrected chi connectivity index (χ3v) is 6.95. The zero-order valence-corrected chi connectivity index (χ0v) is 19.7. The Bertz CT molecular complexity index is 1870. The lowest BCUT2D eigenvalue weighted by Crippen LogP contribution is -2.03. The fraction of sp³-hybridized carbons (Fsp3) is 0. The number of fused-ring (bicyclic) bond motifs is 6. The van der Waals surface area contributed by atoms with Crippen molar-refractivity contribution < 1.29 is 0 Å². The fourth-order valence-electron chi connectivity index (χ4n) is 4.96. The molecule has 0 amide bonds. The van der Waals surface area contributed by atoms with Gasteiger partial charge in [0.1, 0.15) is 0 Å². The van der Waals surface area contributed by atoms with E-state index >= 15 is 0 Å². The van der Waals surface area contributed by atoms with E-state index in [1.165, 1.54) is 21.5 Å². The highest BCUT2D eigenvalue weighted by Crippen LogP contribution is 2.38. The summed E-state index contributed by atoms with van der Waals surface area (Å²) in [7, 11) is 0. The van der Waals surface area contributed by atoms with Gasteiger partial charge in [0.25, 0.3) is 0 Å². The maximum atomic E-state index is 5.16. The summed E-state index contributed by atoms with van der Waals surface area (Å²) in [6, 6.07) is 37.9. The molecule has 0 fully saturated rings. The van der Waals surface area contributed by atoms with Crippen molar-refractivity contribution in [3.05, 3.63) is 114 Å². The Kier molecular flexibility index (Phi) is 4.29. The summed E-state index contributed by atoms with van der Waals surface area (Å²) in [6.45, 7) is 0. The molecule has 0 saturated heterocycles. The highest BCUT2D eigenvalue weighted by atomic mass is 79.9. The summed E-state index contributed by atoms with van der Waals surface area (Å²) >= 11 is 3.68. The Morgan fingerprint density at radius 1 is 0.588 bits per heavy atom. The number of nitrogens with zero attached hydrogens (tertiary/aromatic N) is 3. The van der Waals surface area contributed by atoms with Gasteiger partial charge in [-0.1, -0.05) is 94.8 Å². The molecule has 2 heterocycles. The lowest BCUT2D eigenvalue weighted by molar-refractivity contribution is 1.01. The van der Waals surface area contributed by atoms with Crippen LogP contribution >= 0.6 is 15.9 Å². The van der Waals surface area contributed by atoms with E-state index in [9.17, 15) is 0 Å². The summed E-state index contributed by atoms with van der Waals surface area (Å²) in [6.07, 6.45) is 0.